The molecular formula is C15H16ClNO3. The number of carbonyl (C=O) groups excluding carboxylic acids is 1. The number of amides is 1. The Hall–Kier alpha value is -1.54. The van der Waals surface area contributed by atoms with E-state index in [9.17, 15) is 4.79 Å². The summed E-state index contributed by atoms with van der Waals surface area (Å²) in [5, 5.41) is 12.0. The van der Waals surface area contributed by atoms with Crippen molar-refractivity contribution >= 4 is 17.5 Å². The molecule has 1 amide bonds. The summed E-state index contributed by atoms with van der Waals surface area (Å²) in [7, 11) is 0. The highest BCUT2D eigenvalue weighted by atomic mass is 35.5. The van der Waals surface area contributed by atoms with Crippen molar-refractivity contribution in [2.75, 3.05) is 19.8 Å². The SMILES string of the molecule is O=C(NC1CCCOC1)c1ccc(C#CCO)c(Cl)c1. The van der Waals surface area contributed by atoms with Gasteiger partial charge in [-0.15, -0.1) is 0 Å². The van der Waals surface area contributed by atoms with Crippen LogP contribution in [-0.4, -0.2) is 36.9 Å². The van der Waals surface area contributed by atoms with Crippen molar-refractivity contribution < 1.29 is 14.6 Å². The summed E-state index contributed by atoms with van der Waals surface area (Å²) in [6.45, 7) is 1.09. The Kier molecular flexibility index (Phi) is 5.42. The summed E-state index contributed by atoms with van der Waals surface area (Å²) in [5.74, 6) is 5.09. The molecule has 1 fully saturated rings. The van der Waals surface area contributed by atoms with Crippen LogP contribution in [0.25, 0.3) is 0 Å². The molecule has 1 atom stereocenters. The van der Waals surface area contributed by atoms with Gasteiger partial charge in [0.05, 0.1) is 17.7 Å². The van der Waals surface area contributed by atoms with Gasteiger partial charge in [0, 0.05) is 17.7 Å². The Labute approximate surface area is 123 Å². The lowest BCUT2D eigenvalue weighted by Gasteiger charge is -2.23. The average Bonchev–Trinajstić information content (AvgIpc) is 2.47. The van der Waals surface area contributed by atoms with Gasteiger partial charge in [0.2, 0.25) is 0 Å². The molecule has 1 aliphatic heterocycles. The van der Waals surface area contributed by atoms with E-state index in [-0.39, 0.29) is 18.6 Å². The van der Waals surface area contributed by atoms with E-state index >= 15 is 0 Å². The van der Waals surface area contributed by atoms with Gasteiger partial charge in [-0.25, -0.2) is 0 Å². The van der Waals surface area contributed by atoms with Crippen molar-refractivity contribution in [3.63, 3.8) is 0 Å². The van der Waals surface area contributed by atoms with Gasteiger partial charge >= 0.3 is 0 Å². The molecule has 2 rings (SSSR count). The summed E-state index contributed by atoms with van der Waals surface area (Å²) < 4.78 is 5.32. The molecule has 1 aromatic rings. The van der Waals surface area contributed by atoms with Gasteiger partial charge in [-0.3, -0.25) is 4.79 Å². The molecule has 2 N–H and O–H groups in total. The number of halogens is 1. The van der Waals surface area contributed by atoms with E-state index in [1.54, 1.807) is 18.2 Å². The standard InChI is InChI=1S/C15H16ClNO3/c16-14-9-12(6-5-11(14)3-1-7-18)15(19)17-13-4-2-8-20-10-13/h5-6,9,13,18H,2,4,7-8,10H2,(H,17,19). The van der Waals surface area contributed by atoms with Crippen molar-refractivity contribution in [3.8, 4) is 11.8 Å². The van der Waals surface area contributed by atoms with Gasteiger partial charge in [-0.05, 0) is 31.0 Å². The molecule has 1 saturated heterocycles. The number of benzene rings is 1. The van der Waals surface area contributed by atoms with E-state index in [4.69, 9.17) is 21.4 Å². The maximum atomic E-state index is 12.1. The third kappa shape index (κ3) is 3.97. The first-order valence-corrected chi connectivity index (χ1v) is 6.86. The van der Waals surface area contributed by atoms with Crippen molar-refractivity contribution in [2.24, 2.45) is 0 Å². The van der Waals surface area contributed by atoms with Crippen LogP contribution in [0.1, 0.15) is 28.8 Å². The quantitative estimate of drug-likeness (QED) is 0.814. The van der Waals surface area contributed by atoms with E-state index in [0.717, 1.165) is 19.4 Å². The van der Waals surface area contributed by atoms with Crippen LogP contribution in [0, 0.1) is 11.8 Å². The van der Waals surface area contributed by atoms with E-state index in [1.807, 2.05) is 0 Å². The zero-order valence-corrected chi connectivity index (χ0v) is 11.7. The van der Waals surface area contributed by atoms with E-state index in [1.165, 1.54) is 0 Å². The highest BCUT2D eigenvalue weighted by Crippen LogP contribution is 2.17. The van der Waals surface area contributed by atoms with Gasteiger partial charge in [0.15, 0.2) is 0 Å². The van der Waals surface area contributed by atoms with Crippen LogP contribution < -0.4 is 5.32 Å². The number of hydrogen-bond donors (Lipinski definition) is 2. The minimum Gasteiger partial charge on any atom is -0.384 e. The lowest BCUT2D eigenvalue weighted by Crippen LogP contribution is -2.40. The second-order valence-corrected chi connectivity index (χ2v) is 4.95. The first kappa shape index (κ1) is 14.9. The molecule has 0 saturated carbocycles. The molecule has 20 heavy (non-hydrogen) atoms. The average molecular weight is 294 g/mol. The normalized spacial score (nSPS) is 18.0. The summed E-state index contributed by atoms with van der Waals surface area (Å²) in [6.07, 6.45) is 1.89. The van der Waals surface area contributed by atoms with E-state index in [0.29, 0.717) is 22.8 Å². The van der Waals surface area contributed by atoms with Crippen LogP contribution in [0.2, 0.25) is 5.02 Å². The van der Waals surface area contributed by atoms with Crippen LogP contribution >= 0.6 is 11.6 Å². The van der Waals surface area contributed by atoms with Crippen molar-refractivity contribution in [1.29, 1.82) is 0 Å². The maximum Gasteiger partial charge on any atom is 0.251 e. The zero-order chi connectivity index (χ0) is 14.4. The Morgan fingerprint density at radius 2 is 2.40 bits per heavy atom. The number of nitrogens with one attached hydrogen (secondary N) is 1. The van der Waals surface area contributed by atoms with E-state index in [2.05, 4.69) is 17.2 Å². The molecule has 0 spiro atoms. The Morgan fingerprint density at radius 1 is 1.55 bits per heavy atom. The molecule has 5 heteroatoms. The molecule has 0 aliphatic carbocycles. The van der Waals surface area contributed by atoms with Crippen molar-refractivity contribution in [1.82, 2.24) is 5.32 Å². The molecule has 106 valence electrons. The predicted octanol–water partition coefficient (Wildman–Crippen LogP) is 1.59. The summed E-state index contributed by atoms with van der Waals surface area (Å²) in [4.78, 5) is 12.1. The number of carbonyl (C=O) groups is 1. The fourth-order valence-electron chi connectivity index (χ4n) is 2.02. The molecular weight excluding hydrogens is 278 g/mol. The fraction of sp³-hybridized carbons (Fsp3) is 0.400. The second-order valence-electron chi connectivity index (χ2n) is 4.54. The highest BCUT2D eigenvalue weighted by molar-refractivity contribution is 6.32. The molecule has 0 radical (unpaired) electrons. The summed E-state index contributed by atoms with van der Waals surface area (Å²) >= 11 is 6.06. The predicted molar refractivity (Wildman–Crippen MR) is 76.7 cm³/mol. The smallest absolute Gasteiger partial charge is 0.251 e. The monoisotopic (exact) mass is 293 g/mol. The number of ether oxygens (including phenoxy) is 1. The molecule has 1 heterocycles. The first-order valence-electron chi connectivity index (χ1n) is 6.48. The topological polar surface area (TPSA) is 58.6 Å². The van der Waals surface area contributed by atoms with Gasteiger partial charge < -0.3 is 15.2 Å². The van der Waals surface area contributed by atoms with Gasteiger partial charge in [0.25, 0.3) is 5.91 Å². The van der Waals surface area contributed by atoms with E-state index < -0.39 is 0 Å². The Balaban J connectivity index is 2.04. The highest BCUT2D eigenvalue weighted by Gasteiger charge is 2.17. The van der Waals surface area contributed by atoms with Crippen molar-refractivity contribution in [2.45, 2.75) is 18.9 Å². The molecule has 0 aromatic heterocycles. The maximum absolute atomic E-state index is 12.1. The molecule has 1 aliphatic rings. The minimum atomic E-state index is -0.222. The van der Waals surface area contributed by atoms with Crippen LogP contribution in [0.15, 0.2) is 18.2 Å². The lowest BCUT2D eigenvalue weighted by atomic mass is 10.1. The Bertz CT molecular complexity index is 542. The van der Waals surface area contributed by atoms with Crippen LogP contribution in [-0.2, 0) is 4.74 Å². The molecule has 4 nitrogen and oxygen atoms in total. The lowest BCUT2D eigenvalue weighted by molar-refractivity contribution is 0.0624. The van der Waals surface area contributed by atoms with Gasteiger partial charge in [0.1, 0.15) is 6.61 Å². The summed E-state index contributed by atoms with van der Waals surface area (Å²) in [5.41, 5.74) is 1.09. The molecule has 0 bridgehead atoms. The summed E-state index contributed by atoms with van der Waals surface area (Å²) in [6, 6.07) is 5.00. The minimum absolute atomic E-state index is 0.0592. The zero-order valence-electron chi connectivity index (χ0n) is 11.0. The third-order valence-electron chi connectivity index (χ3n) is 3.03. The third-order valence-corrected chi connectivity index (χ3v) is 3.34. The first-order chi connectivity index (χ1) is 9.70. The van der Waals surface area contributed by atoms with Gasteiger partial charge in [-0.2, -0.15) is 0 Å². The van der Waals surface area contributed by atoms with Crippen molar-refractivity contribution in [3.05, 3.63) is 34.3 Å². The largest absolute Gasteiger partial charge is 0.384 e. The number of aliphatic hydroxyl groups excluding tert-OH is 1. The van der Waals surface area contributed by atoms with Crippen LogP contribution in [0.4, 0.5) is 0 Å². The number of aliphatic hydroxyl groups is 1. The van der Waals surface area contributed by atoms with Gasteiger partial charge in [-0.1, -0.05) is 23.4 Å². The molecule has 1 unspecified atom stereocenters. The number of hydrogen-bond acceptors (Lipinski definition) is 3. The molecule has 1 aromatic carbocycles. The fourth-order valence-corrected chi connectivity index (χ4v) is 2.24. The van der Waals surface area contributed by atoms with Crippen LogP contribution in [0.5, 0.6) is 0 Å². The Morgan fingerprint density at radius 3 is 3.05 bits per heavy atom. The second kappa shape index (κ2) is 7.30. The van der Waals surface area contributed by atoms with Crippen LogP contribution in [0.3, 0.4) is 0 Å². The number of rotatable bonds is 2.